The van der Waals surface area contributed by atoms with Crippen LogP contribution in [0.15, 0.2) is 47.7 Å². The van der Waals surface area contributed by atoms with Crippen LogP contribution in [-0.2, 0) is 0 Å². The van der Waals surface area contributed by atoms with Crippen LogP contribution in [0.4, 0.5) is 11.5 Å². The zero-order chi connectivity index (χ0) is 15.2. The van der Waals surface area contributed by atoms with Crippen LogP contribution >= 0.6 is 0 Å². The zero-order valence-electron chi connectivity index (χ0n) is 10.6. The number of carboxylic acid groups (broad SMARTS) is 1. The van der Waals surface area contributed by atoms with Crippen LogP contribution in [0, 0.1) is 10.1 Å². The molecule has 8 heteroatoms. The lowest BCUT2D eigenvalue weighted by Gasteiger charge is -1.99. The normalized spacial score (nSPS) is 10.5. The van der Waals surface area contributed by atoms with Gasteiger partial charge in [-0.25, -0.2) is 9.78 Å². The summed E-state index contributed by atoms with van der Waals surface area (Å²) >= 11 is 0. The molecule has 0 aliphatic heterocycles. The van der Waals surface area contributed by atoms with E-state index in [1.807, 2.05) is 0 Å². The van der Waals surface area contributed by atoms with Gasteiger partial charge in [0.25, 0.3) is 5.69 Å². The minimum atomic E-state index is -0.994. The van der Waals surface area contributed by atoms with Gasteiger partial charge in [0.1, 0.15) is 12.0 Å². The van der Waals surface area contributed by atoms with E-state index < -0.39 is 10.9 Å². The van der Waals surface area contributed by atoms with Gasteiger partial charge in [-0.15, -0.1) is 0 Å². The third-order valence-electron chi connectivity index (χ3n) is 2.51. The van der Waals surface area contributed by atoms with Crippen molar-refractivity contribution in [2.45, 2.75) is 0 Å². The number of hydrogen-bond donors (Lipinski definition) is 2. The highest BCUT2D eigenvalue weighted by molar-refractivity contribution is 5.89. The lowest BCUT2D eigenvalue weighted by Crippen LogP contribution is -1.97. The van der Waals surface area contributed by atoms with Crippen LogP contribution in [0.25, 0.3) is 0 Å². The molecular formula is C13H10N4O4. The molecule has 0 aliphatic carbocycles. The summed E-state index contributed by atoms with van der Waals surface area (Å²) in [6, 6.07) is 8.90. The van der Waals surface area contributed by atoms with Gasteiger partial charge >= 0.3 is 5.97 Å². The quantitative estimate of drug-likeness (QED) is 0.494. The van der Waals surface area contributed by atoms with Crippen molar-refractivity contribution in [2.24, 2.45) is 5.10 Å². The number of carboxylic acids is 1. The number of aromatic carboxylic acids is 1. The van der Waals surface area contributed by atoms with Crippen molar-refractivity contribution >= 4 is 23.7 Å². The summed E-state index contributed by atoms with van der Waals surface area (Å²) in [7, 11) is 0. The van der Waals surface area contributed by atoms with Crippen LogP contribution in [0.1, 0.15) is 15.9 Å². The molecule has 0 aliphatic rings. The third kappa shape index (κ3) is 3.83. The molecule has 2 aromatic rings. The molecule has 2 N–H and O–H groups in total. The number of hydrogen-bond acceptors (Lipinski definition) is 6. The van der Waals surface area contributed by atoms with Gasteiger partial charge in [0.15, 0.2) is 0 Å². The third-order valence-corrected chi connectivity index (χ3v) is 2.51. The Balaban J connectivity index is 1.98. The first kappa shape index (κ1) is 14.1. The topological polar surface area (TPSA) is 118 Å². The SMILES string of the molecule is O=C(O)c1ccc(C=NNc2ccc([N+](=O)[O-])cn2)cc1. The highest BCUT2D eigenvalue weighted by atomic mass is 16.6. The van der Waals surface area contributed by atoms with Gasteiger partial charge in [-0.1, -0.05) is 12.1 Å². The summed E-state index contributed by atoms with van der Waals surface area (Å²) in [6.07, 6.45) is 2.61. The van der Waals surface area contributed by atoms with E-state index in [1.54, 1.807) is 12.1 Å². The maximum absolute atomic E-state index is 10.7. The highest BCUT2D eigenvalue weighted by Gasteiger charge is 2.04. The van der Waals surface area contributed by atoms with Gasteiger partial charge in [-0.2, -0.15) is 5.10 Å². The Kier molecular flexibility index (Phi) is 4.20. The van der Waals surface area contributed by atoms with Gasteiger partial charge in [0.05, 0.1) is 16.7 Å². The monoisotopic (exact) mass is 286 g/mol. The van der Waals surface area contributed by atoms with Crippen molar-refractivity contribution in [3.8, 4) is 0 Å². The summed E-state index contributed by atoms with van der Waals surface area (Å²) in [4.78, 5) is 24.4. The molecule has 0 amide bonds. The maximum atomic E-state index is 10.7. The molecule has 21 heavy (non-hydrogen) atoms. The number of carbonyl (C=O) groups is 1. The number of aromatic nitrogens is 1. The first-order valence-corrected chi connectivity index (χ1v) is 5.79. The molecule has 0 atom stereocenters. The zero-order valence-corrected chi connectivity index (χ0v) is 10.6. The molecule has 0 fully saturated rings. The van der Waals surface area contributed by atoms with E-state index in [2.05, 4.69) is 15.5 Å². The molecule has 0 unspecified atom stereocenters. The van der Waals surface area contributed by atoms with Crippen molar-refractivity contribution < 1.29 is 14.8 Å². The second-order valence-electron chi connectivity index (χ2n) is 3.96. The minimum Gasteiger partial charge on any atom is -0.478 e. The van der Waals surface area contributed by atoms with Gasteiger partial charge in [0.2, 0.25) is 0 Å². The summed E-state index contributed by atoms with van der Waals surface area (Å²) in [5.41, 5.74) is 3.41. The van der Waals surface area contributed by atoms with Gasteiger partial charge in [-0.05, 0) is 23.8 Å². The molecule has 0 bridgehead atoms. The number of pyridine rings is 1. The first-order chi connectivity index (χ1) is 10.1. The number of nitrogens with zero attached hydrogens (tertiary/aromatic N) is 3. The fraction of sp³-hybridized carbons (Fsp3) is 0. The van der Waals surface area contributed by atoms with E-state index in [0.717, 1.165) is 6.20 Å². The van der Waals surface area contributed by atoms with Crippen molar-refractivity contribution in [2.75, 3.05) is 5.43 Å². The number of anilines is 1. The maximum Gasteiger partial charge on any atom is 0.335 e. The summed E-state index contributed by atoms with van der Waals surface area (Å²) < 4.78 is 0. The average Bonchev–Trinajstić information content (AvgIpc) is 2.48. The second kappa shape index (κ2) is 6.24. The average molecular weight is 286 g/mol. The summed E-state index contributed by atoms with van der Waals surface area (Å²) in [6.45, 7) is 0. The number of nitrogens with one attached hydrogen (secondary N) is 1. The molecule has 0 saturated carbocycles. The van der Waals surface area contributed by atoms with E-state index in [1.165, 1.54) is 30.5 Å². The predicted octanol–water partition coefficient (Wildman–Crippen LogP) is 2.13. The van der Waals surface area contributed by atoms with Gasteiger partial charge < -0.3 is 5.11 Å². The molecule has 0 saturated heterocycles. The summed E-state index contributed by atoms with van der Waals surface area (Å²) in [5.74, 6) is -0.634. The standard InChI is InChI=1S/C13H10N4O4/c18-13(19)10-3-1-9(2-4-10)7-15-16-12-6-5-11(8-14-12)17(20)21/h1-8H,(H,14,16)(H,18,19). The molecule has 1 aromatic carbocycles. The Labute approximate surface area is 118 Å². The Morgan fingerprint density at radius 2 is 2.00 bits per heavy atom. The summed E-state index contributed by atoms with van der Waals surface area (Å²) in [5, 5.41) is 23.1. The molecule has 1 aromatic heterocycles. The number of nitro groups is 1. The highest BCUT2D eigenvalue weighted by Crippen LogP contribution is 2.11. The molecule has 0 spiro atoms. The molecule has 1 heterocycles. The minimum absolute atomic E-state index is 0.103. The molecule has 8 nitrogen and oxygen atoms in total. The van der Waals surface area contributed by atoms with Gasteiger partial charge in [-0.3, -0.25) is 15.5 Å². The van der Waals surface area contributed by atoms with Crippen LogP contribution in [0.3, 0.4) is 0 Å². The van der Waals surface area contributed by atoms with Gasteiger partial charge in [0, 0.05) is 6.07 Å². The van der Waals surface area contributed by atoms with Crippen molar-refractivity contribution in [3.63, 3.8) is 0 Å². The van der Waals surface area contributed by atoms with Crippen LogP contribution in [0.2, 0.25) is 0 Å². The Hall–Kier alpha value is -3.29. The molecule has 2 rings (SSSR count). The number of rotatable bonds is 5. The smallest absolute Gasteiger partial charge is 0.335 e. The Morgan fingerprint density at radius 3 is 2.52 bits per heavy atom. The van der Waals surface area contributed by atoms with Crippen molar-refractivity contribution in [3.05, 3.63) is 63.8 Å². The molecular weight excluding hydrogens is 276 g/mol. The van der Waals surface area contributed by atoms with E-state index >= 15 is 0 Å². The van der Waals surface area contributed by atoms with Crippen LogP contribution in [-0.4, -0.2) is 27.2 Å². The van der Waals surface area contributed by atoms with Crippen LogP contribution in [0.5, 0.6) is 0 Å². The molecule has 0 radical (unpaired) electrons. The van der Waals surface area contributed by atoms with Crippen molar-refractivity contribution in [1.29, 1.82) is 0 Å². The number of hydrazone groups is 1. The Bertz CT molecular complexity index is 680. The fourth-order valence-electron chi connectivity index (χ4n) is 1.44. The first-order valence-electron chi connectivity index (χ1n) is 5.79. The fourth-order valence-corrected chi connectivity index (χ4v) is 1.44. The van der Waals surface area contributed by atoms with E-state index in [4.69, 9.17) is 5.11 Å². The second-order valence-corrected chi connectivity index (χ2v) is 3.96. The van der Waals surface area contributed by atoms with Crippen molar-refractivity contribution in [1.82, 2.24) is 4.98 Å². The van der Waals surface area contributed by atoms with E-state index in [-0.39, 0.29) is 11.3 Å². The predicted molar refractivity (Wildman–Crippen MR) is 75.5 cm³/mol. The Morgan fingerprint density at radius 1 is 1.29 bits per heavy atom. The van der Waals surface area contributed by atoms with E-state index in [9.17, 15) is 14.9 Å². The van der Waals surface area contributed by atoms with Crippen LogP contribution < -0.4 is 5.43 Å². The van der Waals surface area contributed by atoms with E-state index in [0.29, 0.717) is 11.4 Å². The number of benzene rings is 1. The lowest BCUT2D eigenvalue weighted by atomic mass is 10.1. The lowest BCUT2D eigenvalue weighted by molar-refractivity contribution is -0.385. The largest absolute Gasteiger partial charge is 0.478 e. The molecule has 106 valence electrons.